The number of benzene rings is 2. The second kappa shape index (κ2) is 17.4. The fourth-order valence-corrected chi connectivity index (χ4v) is 4.42. The van der Waals surface area contributed by atoms with Gasteiger partial charge in [-0.3, -0.25) is 9.69 Å². The first-order valence-corrected chi connectivity index (χ1v) is 13.1. The van der Waals surface area contributed by atoms with Crippen molar-refractivity contribution in [3.63, 3.8) is 0 Å². The summed E-state index contributed by atoms with van der Waals surface area (Å²) in [5.74, 6) is -0.782. The Labute approximate surface area is 211 Å². The predicted molar refractivity (Wildman–Crippen MR) is 142 cm³/mol. The molecule has 2 N–H and O–H groups in total. The number of rotatable bonds is 14. The quantitative estimate of drug-likeness (QED) is 0.144. The van der Waals surface area contributed by atoms with Crippen LogP contribution in [-0.2, 0) is 25.1 Å². The first kappa shape index (κ1) is 30.0. The second-order valence-corrected chi connectivity index (χ2v) is 9.38. The Kier molecular flexibility index (Phi) is 14.9. The SMILES string of the molecule is CCCCCCCCCOC(=O)/C(=C\C=C\N(C(C)=O)c1ccccc1)S(=O)c1ccccc1.O. The number of esters is 1. The van der Waals surface area contributed by atoms with Crippen LogP contribution in [0.25, 0.3) is 0 Å². The molecule has 2 aromatic rings. The second-order valence-electron chi connectivity index (χ2n) is 7.94. The Hall–Kier alpha value is -3.03. The summed E-state index contributed by atoms with van der Waals surface area (Å²) in [5.41, 5.74) is 0.701. The van der Waals surface area contributed by atoms with Gasteiger partial charge in [0.15, 0.2) is 0 Å². The summed E-state index contributed by atoms with van der Waals surface area (Å²) >= 11 is 0. The lowest BCUT2D eigenvalue weighted by Gasteiger charge is -2.15. The molecule has 0 aliphatic carbocycles. The minimum absolute atomic E-state index is 0. The number of allylic oxidation sites excluding steroid dienone is 2. The van der Waals surface area contributed by atoms with Crippen LogP contribution in [0.2, 0.25) is 0 Å². The smallest absolute Gasteiger partial charge is 0.347 e. The zero-order chi connectivity index (χ0) is 24.6. The molecule has 0 heterocycles. The van der Waals surface area contributed by atoms with Gasteiger partial charge in [0, 0.05) is 23.7 Å². The van der Waals surface area contributed by atoms with Crippen LogP contribution in [0.1, 0.15) is 58.8 Å². The van der Waals surface area contributed by atoms with E-state index in [1.807, 2.05) is 36.4 Å². The van der Waals surface area contributed by atoms with Crippen molar-refractivity contribution in [1.29, 1.82) is 0 Å². The fourth-order valence-electron chi connectivity index (χ4n) is 3.35. The molecule has 0 saturated heterocycles. The number of hydrogen-bond donors (Lipinski definition) is 0. The molecule has 2 rings (SSSR count). The molecule has 0 aliphatic rings. The Morgan fingerprint density at radius 1 is 0.886 bits per heavy atom. The first-order chi connectivity index (χ1) is 16.5. The summed E-state index contributed by atoms with van der Waals surface area (Å²) in [6, 6.07) is 18.0. The van der Waals surface area contributed by atoms with Crippen molar-refractivity contribution in [3.8, 4) is 0 Å². The van der Waals surface area contributed by atoms with Crippen LogP contribution < -0.4 is 4.90 Å². The van der Waals surface area contributed by atoms with E-state index in [1.165, 1.54) is 43.6 Å². The van der Waals surface area contributed by atoms with Crippen molar-refractivity contribution in [1.82, 2.24) is 0 Å². The summed E-state index contributed by atoms with van der Waals surface area (Å²) in [6.45, 7) is 3.95. The van der Waals surface area contributed by atoms with Crippen molar-refractivity contribution in [2.45, 2.75) is 63.7 Å². The van der Waals surface area contributed by atoms with Gasteiger partial charge in [0.25, 0.3) is 0 Å². The Balaban J connectivity index is 0.00000612. The van der Waals surface area contributed by atoms with E-state index in [2.05, 4.69) is 6.92 Å². The standard InChI is InChI=1S/C28H35NO4S.H2O/c1-3-4-5-6-7-8-15-23-33-28(31)27(34(32)26-19-13-10-14-20-26)21-16-22-29(24(2)30)25-17-11-9-12-18-25;/h9-14,16-22H,3-8,15,23H2,1-2H3;1H2/b22-16+,27-21+;. The lowest BCUT2D eigenvalue weighted by Crippen LogP contribution is -2.21. The van der Waals surface area contributed by atoms with E-state index >= 15 is 0 Å². The minimum atomic E-state index is -1.70. The fraction of sp³-hybridized carbons (Fsp3) is 0.357. The van der Waals surface area contributed by atoms with Gasteiger partial charge in [-0.2, -0.15) is 0 Å². The van der Waals surface area contributed by atoms with Gasteiger partial charge in [-0.15, -0.1) is 0 Å². The highest BCUT2D eigenvalue weighted by atomic mass is 32.2. The molecule has 190 valence electrons. The van der Waals surface area contributed by atoms with E-state index in [4.69, 9.17) is 4.74 Å². The summed E-state index contributed by atoms with van der Waals surface area (Å²) < 4.78 is 18.6. The van der Waals surface area contributed by atoms with Crippen LogP contribution in [0, 0.1) is 0 Å². The maximum atomic E-state index is 13.1. The molecule has 35 heavy (non-hydrogen) atoms. The van der Waals surface area contributed by atoms with Gasteiger partial charge in [-0.05, 0) is 42.8 Å². The molecule has 0 aliphatic heterocycles. The van der Waals surface area contributed by atoms with Crippen LogP contribution in [0.3, 0.4) is 0 Å². The Morgan fingerprint density at radius 2 is 1.46 bits per heavy atom. The normalized spacial score (nSPS) is 12.1. The van der Waals surface area contributed by atoms with E-state index < -0.39 is 16.8 Å². The molecule has 1 unspecified atom stereocenters. The topological polar surface area (TPSA) is 95.2 Å². The van der Waals surface area contributed by atoms with Crippen molar-refractivity contribution in [2.24, 2.45) is 0 Å². The summed E-state index contributed by atoms with van der Waals surface area (Å²) in [4.78, 5) is 26.9. The number of anilines is 1. The average molecular weight is 500 g/mol. The minimum Gasteiger partial charge on any atom is -0.462 e. The zero-order valence-corrected chi connectivity index (χ0v) is 21.5. The van der Waals surface area contributed by atoms with Crippen LogP contribution in [0.4, 0.5) is 5.69 Å². The van der Waals surface area contributed by atoms with E-state index in [-0.39, 0.29) is 16.3 Å². The maximum absolute atomic E-state index is 13.1. The van der Waals surface area contributed by atoms with Crippen LogP contribution in [0.15, 0.2) is 88.8 Å². The average Bonchev–Trinajstić information content (AvgIpc) is 2.86. The highest BCUT2D eigenvalue weighted by Crippen LogP contribution is 2.18. The molecule has 0 fully saturated rings. The molecule has 0 saturated carbocycles. The van der Waals surface area contributed by atoms with Gasteiger partial charge in [-0.25, -0.2) is 9.00 Å². The number of amides is 1. The molecule has 2 aromatic carbocycles. The molecule has 0 bridgehead atoms. The number of para-hydroxylation sites is 1. The van der Waals surface area contributed by atoms with Crippen molar-refractivity contribution >= 4 is 28.4 Å². The van der Waals surface area contributed by atoms with Crippen molar-refractivity contribution < 1.29 is 24.0 Å². The Bertz CT molecular complexity index is 973. The molecular weight excluding hydrogens is 462 g/mol. The van der Waals surface area contributed by atoms with Gasteiger partial charge in [0.05, 0.1) is 17.4 Å². The molecule has 0 radical (unpaired) electrons. The third-order valence-electron chi connectivity index (χ3n) is 5.20. The molecule has 0 spiro atoms. The van der Waals surface area contributed by atoms with Gasteiger partial charge in [-0.1, -0.05) is 81.8 Å². The molecule has 6 nitrogen and oxygen atoms in total. The number of carbonyl (C=O) groups excluding carboxylic acids is 2. The monoisotopic (exact) mass is 499 g/mol. The highest BCUT2D eigenvalue weighted by Gasteiger charge is 2.19. The molecular formula is C28H37NO5S. The van der Waals surface area contributed by atoms with Gasteiger partial charge < -0.3 is 10.2 Å². The van der Waals surface area contributed by atoms with Gasteiger partial charge >= 0.3 is 5.97 Å². The van der Waals surface area contributed by atoms with E-state index in [9.17, 15) is 13.8 Å². The van der Waals surface area contributed by atoms with Crippen molar-refractivity contribution in [3.05, 3.63) is 83.9 Å². The van der Waals surface area contributed by atoms with E-state index in [0.717, 1.165) is 19.3 Å². The largest absolute Gasteiger partial charge is 0.462 e. The summed E-state index contributed by atoms with van der Waals surface area (Å²) in [7, 11) is -1.70. The first-order valence-electron chi connectivity index (χ1n) is 11.9. The number of unbranched alkanes of at least 4 members (excludes halogenated alkanes) is 6. The van der Waals surface area contributed by atoms with Crippen molar-refractivity contribution in [2.75, 3.05) is 11.5 Å². The molecule has 1 atom stereocenters. The molecule has 0 aromatic heterocycles. The van der Waals surface area contributed by atoms with Gasteiger partial charge in [0.1, 0.15) is 4.91 Å². The highest BCUT2D eigenvalue weighted by molar-refractivity contribution is 7.90. The van der Waals surface area contributed by atoms with Crippen LogP contribution >= 0.6 is 0 Å². The lowest BCUT2D eigenvalue weighted by atomic mass is 10.1. The van der Waals surface area contributed by atoms with Crippen LogP contribution in [0.5, 0.6) is 0 Å². The van der Waals surface area contributed by atoms with E-state index in [1.54, 1.807) is 36.5 Å². The summed E-state index contributed by atoms with van der Waals surface area (Å²) in [5, 5.41) is 0. The Morgan fingerprint density at radius 3 is 2.06 bits per heavy atom. The zero-order valence-electron chi connectivity index (χ0n) is 20.7. The van der Waals surface area contributed by atoms with Gasteiger partial charge in [0.2, 0.25) is 5.91 Å². The number of ether oxygens (including phenoxy) is 1. The third-order valence-corrected chi connectivity index (χ3v) is 6.60. The van der Waals surface area contributed by atoms with Crippen LogP contribution in [-0.4, -0.2) is 28.2 Å². The molecule has 1 amide bonds. The lowest BCUT2D eigenvalue weighted by molar-refractivity contribution is -0.138. The third kappa shape index (κ3) is 10.8. The number of nitrogens with zero attached hydrogens (tertiary/aromatic N) is 1. The number of carbonyl (C=O) groups is 2. The summed E-state index contributed by atoms with van der Waals surface area (Å²) in [6.07, 6.45) is 12.4. The molecule has 7 heteroatoms. The number of hydrogen-bond acceptors (Lipinski definition) is 4. The maximum Gasteiger partial charge on any atom is 0.347 e. The van der Waals surface area contributed by atoms with E-state index in [0.29, 0.717) is 17.2 Å². The predicted octanol–water partition coefficient (Wildman–Crippen LogP) is 5.71.